The highest BCUT2D eigenvalue weighted by Crippen LogP contribution is 2.26. The Hall–Kier alpha value is -0.860. The maximum atomic E-state index is 12.8. The number of piperazine rings is 1. The lowest BCUT2D eigenvalue weighted by molar-refractivity contribution is -0.918. The Labute approximate surface area is 164 Å². The van der Waals surface area contributed by atoms with Crippen LogP contribution < -0.4 is 4.90 Å². The van der Waals surface area contributed by atoms with E-state index in [1.54, 1.807) is 0 Å². The molecular formula is C17H24Cl2N3O3S+. The summed E-state index contributed by atoms with van der Waals surface area (Å²) in [7, 11) is -3.60. The molecular weight excluding hydrogens is 397 g/mol. The third kappa shape index (κ3) is 4.02. The average molecular weight is 421 g/mol. The van der Waals surface area contributed by atoms with Crippen LogP contribution in [-0.4, -0.2) is 68.8 Å². The largest absolute Gasteiger partial charge is 0.338 e. The second-order valence-electron chi connectivity index (χ2n) is 6.89. The summed E-state index contributed by atoms with van der Waals surface area (Å²) < 4.78 is 27.1. The van der Waals surface area contributed by atoms with Gasteiger partial charge in [0.15, 0.2) is 6.04 Å². The molecule has 1 atom stereocenters. The lowest BCUT2D eigenvalue weighted by atomic mass is 10.2. The molecule has 2 aliphatic rings. The first-order valence-corrected chi connectivity index (χ1v) is 11.1. The minimum atomic E-state index is -3.60. The highest BCUT2D eigenvalue weighted by Gasteiger charge is 2.36. The van der Waals surface area contributed by atoms with Crippen molar-refractivity contribution in [2.75, 3.05) is 39.3 Å². The molecule has 1 N–H and O–H groups in total. The van der Waals surface area contributed by atoms with Gasteiger partial charge >= 0.3 is 0 Å². The summed E-state index contributed by atoms with van der Waals surface area (Å²) in [5.74, 6) is 0.179. The number of nitrogens with one attached hydrogen (secondary N) is 1. The second kappa shape index (κ2) is 8.02. The van der Waals surface area contributed by atoms with Crippen LogP contribution in [0.3, 0.4) is 0 Å². The fourth-order valence-electron chi connectivity index (χ4n) is 3.62. The van der Waals surface area contributed by atoms with E-state index in [-0.39, 0.29) is 21.9 Å². The van der Waals surface area contributed by atoms with Gasteiger partial charge in [0.05, 0.1) is 41.1 Å². The number of carbonyl (C=O) groups excluding carboxylic acids is 1. The molecule has 144 valence electrons. The van der Waals surface area contributed by atoms with Gasteiger partial charge in [-0.2, -0.15) is 4.31 Å². The second-order valence-corrected chi connectivity index (χ2v) is 9.64. The van der Waals surface area contributed by atoms with E-state index >= 15 is 0 Å². The summed E-state index contributed by atoms with van der Waals surface area (Å²) in [5.41, 5.74) is 0. The number of likely N-dealkylation sites (tertiary alicyclic amines) is 1. The topological polar surface area (TPSA) is 62.1 Å². The van der Waals surface area contributed by atoms with Gasteiger partial charge < -0.3 is 9.80 Å². The van der Waals surface area contributed by atoms with Crippen molar-refractivity contribution in [3.8, 4) is 0 Å². The van der Waals surface area contributed by atoms with E-state index in [9.17, 15) is 13.2 Å². The number of hydrogen-bond acceptors (Lipinski definition) is 3. The SMILES string of the molecule is C[C@H](C(=O)N1CCCC1)[NH+]1CCN(S(=O)(=O)c2ccc(Cl)c(Cl)c2)CC1. The van der Waals surface area contributed by atoms with Crippen LogP contribution in [0.1, 0.15) is 19.8 Å². The molecule has 1 amide bonds. The predicted molar refractivity (Wildman–Crippen MR) is 101 cm³/mol. The highest BCUT2D eigenvalue weighted by molar-refractivity contribution is 7.89. The third-order valence-corrected chi connectivity index (χ3v) is 7.93. The first-order chi connectivity index (χ1) is 12.3. The van der Waals surface area contributed by atoms with Crippen LogP contribution >= 0.6 is 23.2 Å². The summed E-state index contributed by atoms with van der Waals surface area (Å²) >= 11 is 11.8. The van der Waals surface area contributed by atoms with Gasteiger partial charge in [-0.05, 0) is 38.0 Å². The number of nitrogens with zero attached hydrogens (tertiary/aromatic N) is 2. The summed E-state index contributed by atoms with van der Waals surface area (Å²) in [4.78, 5) is 15.8. The molecule has 2 heterocycles. The van der Waals surface area contributed by atoms with Crippen LogP contribution in [0.25, 0.3) is 0 Å². The maximum absolute atomic E-state index is 12.8. The number of amides is 1. The van der Waals surface area contributed by atoms with Crippen LogP contribution in [0.2, 0.25) is 10.0 Å². The molecule has 0 radical (unpaired) electrons. The molecule has 26 heavy (non-hydrogen) atoms. The summed E-state index contributed by atoms with van der Waals surface area (Å²) in [6, 6.07) is 4.22. The molecule has 0 spiro atoms. The number of halogens is 2. The Bertz CT molecular complexity index is 773. The molecule has 2 saturated heterocycles. The monoisotopic (exact) mass is 420 g/mol. The van der Waals surface area contributed by atoms with Gasteiger partial charge in [0, 0.05) is 13.1 Å². The van der Waals surface area contributed by atoms with Gasteiger partial charge in [0.2, 0.25) is 10.0 Å². The van der Waals surface area contributed by atoms with E-state index < -0.39 is 10.0 Å². The highest BCUT2D eigenvalue weighted by atomic mass is 35.5. The lowest BCUT2D eigenvalue weighted by Crippen LogP contribution is -3.19. The van der Waals surface area contributed by atoms with E-state index in [2.05, 4.69) is 0 Å². The first-order valence-electron chi connectivity index (χ1n) is 8.89. The molecule has 0 aliphatic carbocycles. The summed E-state index contributed by atoms with van der Waals surface area (Å²) in [6.45, 7) is 5.62. The third-order valence-electron chi connectivity index (χ3n) is 5.29. The molecule has 2 aliphatic heterocycles. The van der Waals surface area contributed by atoms with Gasteiger partial charge in [-0.1, -0.05) is 23.2 Å². The van der Waals surface area contributed by atoms with Crippen molar-refractivity contribution >= 4 is 39.1 Å². The number of benzene rings is 1. The van der Waals surface area contributed by atoms with E-state index in [0.717, 1.165) is 30.8 Å². The van der Waals surface area contributed by atoms with Gasteiger partial charge in [-0.3, -0.25) is 4.79 Å². The molecule has 1 aromatic carbocycles. The fourth-order valence-corrected chi connectivity index (χ4v) is 5.45. The summed E-state index contributed by atoms with van der Waals surface area (Å²) in [5, 5.41) is 0.552. The number of quaternary nitrogens is 1. The minimum absolute atomic E-state index is 0.136. The zero-order valence-corrected chi connectivity index (χ0v) is 17.1. The molecule has 2 fully saturated rings. The predicted octanol–water partition coefficient (Wildman–Crippen LogP) is 0.893. The Morgan fingerprint density at radius 2 is 1.69 bits per heavy atom. The lowest BCUT2D eigenvalue weighted by Gasteiger charge is -2.35. The van der Waals surface area contributed by atoms with Gasteiger partial charge in [0.1, 0.15) is 0 Å². The molecule has 1 aromatic rings. The Kier molecular flexibility index (Phi) is 6.14. The van der Waals surface area contributed by atoms with Crippen LogP contribution in [0.15, 0.2) is 23.1 Å². The number of hydrogen-bond donors (Lipinski definition) is 1. The molecule has 0 bridgehead atoms. The number of sulfonamides is 1. The van der Waals surface area contributed by atoms with Crippen molar-refractivity contribution in [3.05, 3.63) is 28.2 Å². The zero-order chi connectivity index (χ0) is 18.9. The Morgan fingerprint density at radius 1 is 1.08 bits per heavy atom. The van der Waals surface area contributed by atoms with Crippen molar-refractivity contribution in [2.45, 2.75) is 30.7 Å². The normalized spacial score (nSPS) is 21.1. The van der Waals surface area contributed by atoms with Gasteiger partial charge in [-0.15, -0.1) is 0 Å². The Balaban J connectivity index is 1.63. The number of carbonyl (C=O) groups is 1. The standard InChI is InChI=1S/C17H23Cl2N3O3S/c1-13(17(23)21-6-2-3-7-21)20-8-10-22(11-9-20)26(24,25)14-4-5-15(18)16(19)12-14/h4-5,12-13H,2-3,6-11H2,1H3/p+1/t13-/m1/s1. The van der Waals surface area contributed by atoms with Crippen molar-refractivity contribution in [3.63, 3.8) is 0 Å². The van der Waals surface area contributed by atoms with Crippen LogP contribution in [0, 0.1) is 0 Å². The van der Waals surface area contributed by atoms with Gasteiger partial charge in [0.25, 0.3) is 5.91 Å². The quantitative estimate of drug-likeness (QED) is 0.786. The molecule has 6 nitrogen and oxygen atoms in total. The maximum Gasteiger partial charge on any atom is 0.280 e. The molecule has 0 unspecified atom stereocenters. The summed E-state index contributed by atoms with van der Waals surface area (Å²) in [6.07, 6.45) is 2.15. The Morgan fingerprint density at radius 3 is 2.27 bits per heavy atom. The number of rotatable bonds is 4. The molecule has 3 rings (SSSR count). The van der Waals surface area contributed by atoms with E-state index in [0.29, 0.717) is 31.2 Å². The van der Waals surface area contributed by atoms with Crippen molar-refractivity contribution < 1.29 is 18.1 Å². The van der Waals surface area contributed by atoms with E-state index in [1.165, 1.54) is 22.5 Å². The molecule has 9 heteroatoms. The van der Waals surface area contributed by atoms with Crippen LogP contribution in [0.5, 0.6) is 0 Å². The van der Waals surface area contributed by atoms with E-state index in [1.807, 2.05) is 11.8 Å². The first kappa shape index (κ1) is 19.9. The average Bonchev–Trinajstić information content (AvgIpc) is 3.17. The van der Waals surface area contributed by atoms with E-state index in [4.69, 9.17) is 23.2 Å². The molecule has 0 aromatic heterocycles. The van der Waals surface area contributed by atoms with Crippen LogP contribution in [-0.2, 0) is 14.8 Å². The van der Waals surface area contributed by atoms with Crippen molar-refractivity contribution in [2.24, 2.45) is 0 Å². The zero-order valence-electron chi connectivity index (χ0n) is 14.7. The molecule has 0 saturated carbocycles. The fraction of sp³-hybridized carbons (Fsp3) is 0.588. The van der Waals surface area contributed by atoms with Crippen LogP contribution in [0.4, 0.5) is 0 Å². The smallest absolute Gasteiger partial charge is 0.280 e. The van der Waals surface area contributed by atoms with Crippen molar-refractivity contribution in [1.82, 2.24) is 9.21 Å². The minimum Gasteiger partial charge on any atom is -0.338 e. The van der Waals surface area contributed by atoms with Gasteiger partial charge in [-0.25, -0.2) is 8.42 Å². The van der Waals surface area contributed by atoms with Crippen molar-refractivity contribution in [1.29, 1.82) is 0 Å².